The Morgan fingerprint density at radius 3 is 2.81 bits per heavy atom. The molecule has 138 valence electrons. The van der Waals surface area contributed by atoms with Crippen LogP contribution in [-0.2, 0) is 16.1 Å². The number of carbonyl (C=O) groups is 2. The third kappa shape index (κ3) is 4.63. The van der Waals surface area contributed by atoms with Crippen LogP contribution in [0.2, 0.25) is 0 Å². The number of nitrogens with one attached hydrogen (secondary N) is 1. The number of carbonyl (C=O) groups excluding carboxylic acids is 1. The molecule has 0 saturated heterocycles. The van der Waals surface area contributed by atoms with E-state index in [0.717, 1.165) is 24.0 Å². The minimum atomic E-state index is -0.885. The number of thioether (sulfide) groups is 1. The second kappa shape index (κ2) is 7.90. The standard InChI is InChI=1S/C18H22N4O3S/c1-11-4-3-5-13(10-11)16-20-21-18(22(16)9-8-15(23)24)26-12(2)17(25)19-14-6-7-14/h3-5,10,12,14H,6-9H2,1-2H3,(H,19,25)(H,23,24). The first-order valence-corrected chi connectivity index (χ1v) is 9.51. The van der Waals surface area contributed by atoms with E-state index >= 15 is 0 Å². The molecular formula is C18H22N4O3S. The predicted molar refractivity (Wildman–Crippen MR) is 98.9 cm³/mol. The van der Waals surface area contributed by atoms with Crippen molar-refractivity contribution < 1.29 is 14.7 Å². The number of hydrogen-bond acceptors (Lipinski definition) is 5. The summed E-state index contributed by atoms with van der Waals surface area (Å²) < 4.78 is 1.79. The topological polar surface area (TPSA) is 97.1 Å². The van der Waals surface area contributed by atoms with Crippen LogP contribution in [0.3, 0.4) is 0 Å². The van der Waals surface area contributed by atoms with E-state index in [1.54, 1.807) is 4.57 Å². The maximum Gasteiger partial charge on any atom is 0.305 e. The molecule has 0 bridgehead atoms. The van der Waals surface area contributed by atoms with Gasteiger partial charge in [-0.1, -0.05) is 35.5 Å². The average molecular weight is 374 g/mol. The van der Waals surface area contributed by atoms with Gasteiger partial charge in [0.05, 0.1) is 11.7 Å². The van der Waals surface area contributed by atoms with E-state index in [1.165, 1.54) is 11.8 Å². The molecule has 1 saturated carbocycles. The van der Waals surface area contributed by atoms with Gasteiger partial charge in [-0.25, -0.2) is 0 Å². The van der Waals surface area contributed by atoms with Crippen LogP contribution in [0.1, 0.15) is 31.7 Å². The normalized spacial score (nSPS) is 14.8. The first-order chi connectivity index (χ1) is 12.4. The van der Waals surface area contributed by atoms with Crippen LogP contribution in [0, 0.1) is 6.92 Å². The minimum Gasteiger partial charge on any atom is -0.481 e. The van der Waals surface area contributed by atoms with Crippen molar-refractivity contribution in [2.45, 2.75) is 56.1 Å². The zero-order chi connectivity index (χ0) is 18.7. The number of nitrogens with zero attached hydrogens (tertiary/aromatic N) is 3. The average Bonchev–Trinajstić information content (AvgIpc) is 3.31. The molecule has 0 spiro atoms. The summed E-state index contributed by atoms with van der Waals surface area (Å²) in [6.07, 6.45) is 2.04. The fraction of sp³-hybridized carbons (Fsp3) is 0.444. The molecule has 1 aliphatic carbocycles. The Morgan fingerprint density at radius 2 is 2.15 bits per heavy atom. The van der Waals surface area contributed by atoms with Crippen LogP contribution < -0.4 is 5.32 Å². The molecule has 2 N–H and O–H groups in total. The van der Waals surface area contributed by atoms with E-state index < -0.39 is 5.97 Å². The molecule has 1 aromatic carbocycles. The number of rotatable bonds is 8. The number of aliphatic carboxylic acids is 1. The van der Waals surface area contributed by atoms with Crippen molar-refractivity contribution in [2.24, 2.45) is 0 Å². The van der Waals surface area contributed by atoms with Gasteiger partial charge in [0.25, 0.3) is 0 Å². The number of hydrogen-bond donors (Lipinski definition) is 2. The summed E-state index contributed by atoms with van der Waals surface area (Å²) >= 11 is 1.30. The SMILES string of the molecule is Cc1cccc(-c2nnc(SC(C)C(=O)NC3CC3)n2CCC(=O)O)c1. The number of aromatic nitrogens is 3. The van der Waals surface area contributed by atoms with E-state index in [2.05, 4.69) is 15.5 Å². The lowest BCUT2D eigenvalue weighted by Gasteiger charge is -2.13. The molecule has 1 fully saturated rings. The third-order valence-corrected chi connectivity index (χ3v) is 5.20. The third-order valence-electron chi connectivity index (χ3n) is 4.12. The summed E-state index contributed by atoms with van der Waals surface area (Å²) in [5.41, 5.74) is 1.96. The van der Waals surface area contributed by atoms with Crippen LogP contribution in [0.5, 0.6) is 0 Å². The van der Waals surface area contributed by atoms with Gasteiger partial charge < -0.3 is 15.0 Å². The van der Waals surface area contributed by atoms with E-state index in [9.17, 15) is 9.59 Å². The predicted octanol–water partition coefficient (Wildman–Crippen LogP) is 2.49. The Labute approximate surface area is 156 Å². The Bertz CT molecular complexity index is 817. The Balaban J connectivity index is 1.83. The summed E-state index contributed by atoms with van der Waals surface area (Å²) in [7, 11) is 0. The Kier molecular flexibility index (Phi) is 5.61. The zero-order valence-corrected chi connectivity index (χ0v) is 15.6. The van der Waals surface area contributed by atoms with Crippen molar-refractivity contribution in [3.63, 3.8) is 0 Å². The van der Waals surface area contributed by atoms with Crippen LogP contribution in [0.4, 0.5) is 0 Å². The lowest BCUT2D eigenvalue weighted by molar-refractivity contribution is -0.137. The molecule has 26 heavy (non-hydrogen) atoms. The summed E-state index contributed by atoms with van der Waals surface area (Å²) in [5, 5.41) is 20.7. The van der Waals surface area contributed by atoms with Gasteiger partial charge in [-0.15, -0.1) is 10.2 Å². The highest BCUT2D eigenvalue weighted by Gasteiger charge is 2.27. The van der Waals surface area contributed by atoms with Crippen LogP contribution in [0.15, 0.2) is 29.4 Å². The fourth-order valence-corrected chi connectivity index (χ4v) is 3.42. The first-order valence-electron chi connectivity index (χ1n) is 8.63. The van der Waals surface area contributed by atoms with E-state index in [4.69, 9.17) is 5.11 Å². The molecule has 1 aromatic heterocycles. The second-order valence-corrected chi connectivity index (χ2v) is 7.82. The number of carboxylic acid groups (broad SMARTS) is 1. The van der Waals surface area contributed by atoms with Crippen LogP contribution >= 0.6 is 11.8 Å². The highest BCUT2D eigenvalue weighted by Crippen LogP contribution is 2.28. The quantitative estimate of drug-likeness (QED) is 0.689. The summed E-state index contributed by atoms with van der Waals surface area (Å²) in [4.78, 5) is 23.3. The van der Waals surface area contributed by atoms with Crippen molar-refractivity contribution in [1.29, 1.82) is 0 Å². The van der Waals surface area contributed by atoms with Crippen molar-refractivity contribution >= 4 is 23.6 Å². The monoisotopic (exact) mass is 374 g/mol. The molecule has 1 unspecified atom stereocenters. The van der Waals surface area contributed by atoms with Gasteiger partial charge >= 0.3 is 5.97 Å². The summed E-state index contributed by atoms with van der Waals surface area (Å²) in [6.45, 7) is 4.07. The largest absolute Gasteiger partial charge is 0.481 e. The number of aryl methyl sites for hydroxylation is 1. The van der Waals surface area contributed by atoms with Gasteiger partial charge in [0.15, 0.2) is 11.0 Å². The Hall–Kier alpha value is -2.35. The smallest absolute Gasteiger partial charge is 0.305 e. The van der Waals surface area contributed by atoms with Gasteiger partial charge in [-0.2, -0.15) is 0 Å². The summed E-state index contributed by atoms with van der Waals surface area (Å²) in [5.74, 6) is -0.293. The first kappa shape index (κ1) is 18.4. The van der Waals surface area contributed by atoms with Gasteiger partial charge in [0, 0.05) is 18.2 Å². The molecule has 1 aliphatic rings. The van der Waals surface area contributed by atoms with Gasteiger partial charge in [0.2, 0.25) is 5.91 Å². The lowest BCUT2D eigenvalue weighted by Crippen LogP contribution is -2.32. The maximum absolute atomic E-state index is 12.2. The van der Waals surface area contributed by atoms with Crippen LogP contribution in [0.25, 0.3) is 11.4 Å². The maximum atomic E-state index is 12.2. The highest BCUT2D eigenvalue weighted by atomic mass is 32.2. The fourth-order valence-electron chi connectivity index (χ4n) is 2.54. The van der Waals surface area contributed by atoms with Gasteiger partial charge in [0.1, 0.15) is 0 Å². The number of carboxylic acids is 1. The van der Waals surface area contributed by atoms with Crippen molar-refractivity contribution in [3.05, 3.63) is 29.8 Å². The molecule has 1 atom stereocenters. The minimum absolute atomic E-state index is 0.0256. The van der Waals surface area contributed by atoms with E-state index in [1.807, 2.05) is 38.1 Å². The van der Waals surface area contributed by atoms with Gasteiger partial charge in [-0.05, 0) is 32.8 Å². The van der Waals surface area contributed by atoms with E-state index in [-0.39, 0.29) is 24.1 Å². The molecule has 1 heterocycles. The molecule has 1 amide bonds. The van der Waals surface area contributed by atoms with Crippen LogP contribution in [-0.4, -0.2) is 43.0 Å². The van der Waals surface area contributed by atoms with Gasteiger partial charge in [-0.3, -0.25) is 9.59 Å². The van der Waals surface area contributed by atoms with Crippen molar-refractivity contribution in [3.8, 4) is 11.4 Å². The molecule has 0 radical (unpaired) electrons. The summed E-state index contributed by atoms with van der Waals surface area (Å²) in [6, 6.07) is 8.13. The molecular weight excluding hydrogens is 352 g/mol. The lowest BCUT2D eigenvalue weighted by atomic mass is 10.1. The second-order valence-electron chi connectivity index (χ2n) is 6.51. The molecule has 8 heteroatoms. The number of amides is 1. The zero-order valence-electron chi connectivity index (χ0n) is 14.8. The Morgan fingerprint density at radius 1 is 1.38 bits per heavy atom. The van der Waals surface area contributed by atoms with Crippen molar-refractivity contribution in [1.82, 2.24) is 20.1 Å². The highest BCUT2D eigenvalue weighted by molar-refractivity contribution is 8.00. The number of benzene rings is 1. The molecule has 3 rings (SSSR count). The van der Waals surface area contributed by atoms with E-state index in [0.29, 0.717) is 17.0 Å². The molecule has 2 aromatic rings. The molecule has 7 nitrogen and oxygen atoms in total. The molecule has 0 aliphatic heterocycles. The van der Waals surface area contributed by atoms with Crippen molar-refractivity contribution in [2.75, 3.05) is 0 Å².